The fourth-order valence-corrected chi connectivity index (χ4v) is 3.53. The van der Waals surface area contributed by atoms with Gasteiger partial charge in [-0.1, -0.05) is 30.0 Å². The van der Waals surface area contributed by atoms with Crippen LogP contribution in [0.5, 0.6) is 0 Å². The van der Waals surface area contributed by atoms with Crippen LogP contribution in [0.25, 0.3) is 6.08 Å². The van der Waals surface area contributed by atoms with E-state index in [1.807, 2.05) is 30.1 Å². The summed E-state index contributed by atoms with van der Waals surface area (Å²) in [6.07, 6.45) is 5.57. The van der Waals surface area contributed by atoms with Gasteiger partial charge < -0.3 is 9.67 Å². The van der Waals surface area contributed by atoms with Crippen LogP contribution in [0, 0.1) is 0 Å². The topological polar surface area (TPSA) is 62.5 Å². The van der Waals surface area contributed by atoms with Crippen molar-refractivity contribution in [1.82, 2.24) is 4.57 Å². The summed E-state index contributed by atoms with van der Waals surface area (Å²) in [6.45, 7) is 0. The lowest BCUT2D eigenvalue weighted by Gasteiger charge is -2.14. The van der Waals surface area contributed by atoms with Crippen LogP contribution in [-0.2, 0) is 11.8 Å². The van der Waals surface area contributed by atoms with Crippen molar-refractivity contribution in [3.8, 4) is 0 Å². The van der Waals surface area contributed by atoms with Crippen molar-refractivity contribution < 1.29 is 14.7 Å². The third-order valence-corrected chi connectivity index (χ3v) is 4.60. The molecule has 7 heteroatoms. The average molecular weight is 344 g/mol. The van der Waals surface area contributed by atoms with Crippen LogP contribution in [-0.4, -0.2) is 25.9 Å². The number of amides is 1. The SMILES string of the molecule is Cn1ccc(/C=C2/SC(=S)N(c3cccc(C(=O)O)c3)C2=O)c1. The Bertz CT molecular complexity index is 855. The number of aryl methyl sites for hydroxylation is 1. The highest BCUT2D eigenvalue weighted by molar-refractivity contribution is 8.27. The minimum atomic E-state index is -1.04. The molecular formula is C16H12N2O3S2. The fraction of sp³-hybridized carbons (Fsp3) is 0.0625. The predicted octanol–water partition coefficient (Wildman–Crippen LogP) is 3.13. The Labute approximate surface area is 142 Å². The predicted molar refractivity (Wildman–Crippen MR) is 94.5 cm³/mol. The van der Waals surface area contributed by atoms with Crippen molar-refractivity contribution in [2.24, 2.45) is 7.05 Å². The fourth-order valence-electron chi connectivity index (χ4n) is 2.23. The van der Waals surface area contributed by atoms with Crippen LogP contribution in [0.15, 0.2) is 47.6 Å². The lowest BCUT2D eigenvalue weighted by Crippen LogP contribution is -2.27. The number of thiocarbonyl (C=S) groups is 1. The molecule has 0 bridgehead atoms. The number of anilines is 1. The first-order chi connectivity index (χ1) is 11.0. The van der Waals surface area contributed by atoms with Crippen molar-refractivity contribution in [2.75, 3.05) is 4.90 Å². The number of aromatic nitrogens is 1. The van der Waals surface area contributed by atoms with E-state index in [1.54, 1.807) is 18.2 Å². The Morgan fingerprint density at radius 2 is 2.13 bits per heavy atom. The Hall–Kier alpha value is -2.38. The van der Waals surface area contributed by atoms with Crippen molar-refractivity contribution in [3.63, 3.8) is 0 Å². The van der Waals surface area contributed by atoms with Gasteiger partial charge in [0, 0.05) is 19.4 Å². The molecule has 0 spiro atoms. The molecule has 0 radical (unpaired) electrons. The summed E-state index contributed by atoms with van der Waals surface area (Å²) in [7, 11) is 1.90. The number of nitrogens with zero attached hydrogens (tertiary/aromatic N) is 2. The van der Waals surface area contributed by atoms with Gasteiger partial charge in [-0.25, -0.2) is 4.79 Å². The minimum Gasteiger partial charge on any atom is -0.478 e. The Morgan fingerprint density at radius 1 is 1.35 bits per heavy atom. The number of rotatable bonds is 3. The first kappa shape index (κ1) is 15.5. The Kier molecular flexibility index (Phi) is 4.06. The van der Waals surface area contributed by atoms with Gasteiger partial charge in [0.15, 0.2) is 4.32 Å². The summed E-state index contributed by atoms with van der Waals surface area (Å²) < 4.78 is 2.28. The lowest BCUT2D eigenvalue weighted by atomic mass is 10.2. The van der Waals surface area contributed by atoms with Crippen molar-refractivity contribution in [1.29, 1.82) is 0 Å². The second-order valence-corrected chi connectivity index (χ2v) is 6.66. The number of carbonyl (C=O) groups is 2. The van der Waals surface area contributed by atoms with E-state index in [0.717, 1.165) is 5.56 Å². The zero-order chi connectivity index (χ0) is 16.6. The van der Waals surface area contributed by atoms with Gasteiger partial charge in [0.1, 0.15) is 0 Å². The minimum absolute atomic E-state index is 0.114. The Morgan fingerprint density at radius 3 is 2.78 bits per heavy atom. The van der Waals surface area contributed by atoms with E-state index in [9.17, 15) is 9.59 Å². The number of carboxylic acids is 1. The molecule has 116 valence electrons. The molecule has 2 heterocycles. The summed E-state index contributed by atoms with van der Waals surface area (Å²) >= 11 is 6.49. The molecule has 0 aliphatic carbocycles. The Balaban J connectivity index is 1.94. The summed E-state index contributed by atoms with van der Waals surface area (Å²) in [5.41, 5.74) is 1.49. The molecular weight excluding hydrogens is 332 g/mol. The molecule has 1 saturated heterocycles. The zero-order valence-electron chi connectivity index (χ0n) is 12.1. The molecule has 0 atom stereocenters. The van der Waals surface area contributed by atoms with Crippen LogP contribution in [0.1, 0.15) is 15.9 Å². The van der Waals surface area contributed by atoms with E-state index in [1.165, 1.54) is 28.8 Å². The van der Waals surface area contributed by atoms with Gasteiger partial charge in [0.25, 0.3) is 5.91 Å². The summed E-state index contributed by atoms with van der Waals surface area (Å²) in [6, 6.07) is 8.08. The molecule has 1 amide bonds. The molecule has 1 fully saturated rings. The highest BCUT2D eigenvalue weighted by Gasteiger charge is 2.33. The van der Waals surface area contributed by atoms with Gasteiger partial charge in [-0.05, 0) is 35.9 Å². The highest BCUT2D eigenvalue weighted by atomic mass is 32.2. The number of hydrogen-bond acceptors (Lipinski definition) is 4. The average Bonchev–Trinajstić information content (AvgIpc) is 3.03. The van der Waals surface area contributed by atoms with Crippen LogP contribution in [0.3, 0.4) is 0 Å². The number of hydrogen-bond donors (Lipinski definition) is 1. The monoisotopic (exact) mass is 344 g/mol. The van der Waals surface area contributed by atoms with Crippen LogP contribution in [0.4, 0.5) is 5.69 Å². The normalized spacial score (nSPS) is 16.4. The molecule has 1 aromatic heterocycles. The van der Waals surface area contributed by atoms with E-state index in [2.05, 4.69) is 0 Å². The second kappa shape index (κ2) is 6.02. The molecule has 1 aromatic carbocycles. The first-order valence-corrected chi connectivity index (χ1v) is 7.91. The van der Waals surface area contributed by atoms with Gasteiger partial charge in [-0.2, -0.15) is 0 Å². The van der Waals surface area contributed by atoms with Crippen molar-refractivity contribution in [3.05, 3.63) is 58.8 Å². The third kappa shape index (κ3) is 3.06. The molecule has 1 aliphatic rings. The largest absolute Gasteiger partial charge is 0.478 e. The van der Waals surface area contributed by atoms with Crippen LogP contribution in [0.2, 0.25) is 0 Å². The molecule has 0 unspecified atom stereocenters. The zero-order valence-corrected chi connectivity index (χ0v) is 13.7. The molecule has 0 saturated carbocycles. The number of carboxylic acid groups (broad SMARTS) is 1. The number of benzene rings is 1. The number of carbonyl (C=O) groups excluding carboxylic acids is 1. The number of thioether (sulfide) groups is 1. The van der Waals surface area contributed by atoms with Crippen LogP contribution >= 0.6 is 24.0 Å². The molecule has 1 N–H and O–H groups in total. The van der Waals surface area contributed by atoms with Crippen molar-refractivity contribution >= 4 is 51.9 Å². The van der Waals surface area contributed by atoms with E-state index >= 15 is 0 Å². The standard InChI is InChI=1S/C16H12N2O3S2/c1-17-6-5-10(9-17)7-13-14(19)18(16(22)23-13)12-4-2-3-11(8-12)15(20)21/h2-9H,1H3,(H,20,21)/b13-7+. The summed E-state index contributed by atoms with van der Waals surface area (Å²) in [5, 5.41) is 9.08. The van der Waals surface area contributed by atoms with Crippen molar-refractivity contribution in [2.45, 2.75) is 0 Å². The highest BCUT2D eigenvalue weighted by Crippen LogP contribution is 2.36. The van der Waals surface area contributed by atoms with Gasteiger partial charge >= 0.3 is 5.97 Å². The second-order valence-electron chi connectivity index (χ2n) is 4.98. The summed E-state index contributed by atoms with van der Waals surface area (Å²) in [5.74, 6) is -1.29. The third-order valence-electron chi connectivity index (χ3n) is 3.30. The molecule has 1 aliphatic heterocycles. The van der Waals surface area contributed by atoms with Gasteiger partial charge in [-0.3, -0.25) is 9.69 Å². The quantitative estimate of drug-likeness (QED) is 0.685. The first-order valence-electron chi connectivity index (χ1n) is 6.69. The van der Waals surface area contributed by atoms with Gasteiger partial charge in [0.05, 0.1) is 16.2 Å². The van der Waals surface area contributed by atoms with Gasteiger partial charge in [0.2, 0.25) is 0 Å². The lowest BCUT2D eigenvalue weighted by molar-refractivity contribution is -0.113. The van der Waals surface area contributed by atoms with Gasteiger partial charge in [-0.15, -0.1) is 0 Å². The van der Waals surface area contributed by atoms with E-state index in [4.69, 9.17) is 17.3 Å². The maximum Gasteiger partial charge on any atom is 0.335 e. The molecule has 3 rings (SSSR count). The maximum absolute atomic E-state index is 12.6. The van der Waals surface area contributed by atoms with E-state index in [-0.39, 0.29) is 11.5 Å². The molecule has 5 nitrogen and oxygen atoms in total. The molecule has 2 aromatic rings. The van der Waals surface area contributed by atoms with E-state index in [0.29, 0.717) is 14.9 Å². The maximum atomic E-state index is 12.6. The smallest absolute Gasteiger partial charge is 0.335 e. The van der Waals surface area contributed by atoms with Crippen LogP contribution < -0.4 is 4.90 Å². The summed E-state index contributed by atoms with van der Waals surface area (Å²) in [4.78, 5) is 25.6. The van der Waals surface area contributed by atoms with E-state index < -0.39 is 5.97 Å². The number of aromatic carboxylic acids is 1. The molecule has 23 heavy (non-hydrogen) atoms.